The van der Waals surface area contributed by atoms with Crippen molar-refractivity contribution in [1.29, 1.82) is 0 Å². The predicted octanol–water partition coefficient (Wildman–Crippen LogP) is 4.18. The van der Waals surface area contributed by atoms with E-state index in [2.05, 4.69) is 61.1 Å². The zero-order valence-electron chi connectivity index (χ0n) is 22.0. The SMILES string of the molecule is CN(C)CCCO.COC(=O)c1cc(Br)cnc1Cl.COC(=O)c1cc(Br)cnc1OCCCN(C)C. The first-order valence-corrected chi connectivity index (χ1v) is 13.1. The van der Waals surface area contributed by atoms with Gasteiger partial charge in [-0.05, 0) is 91.6 Å². The van der Waals surface area contributed by atoms with Crippen LogP contribution < -0.4 is 4.74 Å². The van der Waals surface area contributed by atoms with E-state index in [9.17, 15) is 9.59 Å². The van der Waals surface area contributed by atoms with Crippen molar-refractivity contribution in [1.82, 2.24) is 19.8 Å². The monoisotopic (exact) mass is 668 g/mol. The Bertz CT molecular complexity index is 967. The summed E-state index contributed by atoms with van der Waals surface area (Å²) in [5, 5.41) is 8.43. The van der Waals surface area contributed by atoms with Gasteiger partial charge in [0.1, 0.15) is 10.7 Å². The topological polar surface area (TPSA) is 114 Å². The highest BCUT2D eigenvalue weighted by Crippen LogP contribution is 2.21. The van der Waals surface area contributed by atoms with E-state index in [1.165, 1.54) is 20.4 Å². The number of halogens is 3. The van der Waals surface area contributed by atoms with Crippen molar-refractivity contribution < 1.29 is 28.9 Å². The summed E-state index contributed by atoms with van der Waals surface area (Å²) in [5.74, 6) is -0.635. The third kappa shape index (κ3) is 15.9. The van der Waals surface area contributed by atoms with E-state index in [0.717, 1.165) is 25.9 Å². The van der Waals surface area contributed by atoms with Crippen molar-refractivity contribution in [3.05, 3.63) is 49.8 Å². The molecule has 0 aromatic carbocycles. The molecule has 0 saturated carbocycles. The number of aromatic nitrogens is 2. The first kappa shape index (κ1) is 35.2. The van der Waals surface area contributed by atoms with Gasteiger partial charge in [-0.1, -0.05) is 11.6 Å². The smallest absolute Gasteiger partial charge is 0.343 e. The number of nitrogens with zero attached hydrogens (tertiary/aromatic N) is 4. The molecule has 2 aromatic heterocycles. The molecule has 0 saturated heterocycles. The van der Waals surface area contributed by atoms with Crippen LogP contribution in [0, 0.1) is 0 Å². The maximum absolute atomic E-state index is 11.6. The quantitative estimate of drug-likeness (QED) is 0.225. The molecule has 0 aliphatic carbocycles. The Morgan fingerprint density at radius 3 is 1.86 bits per heavy atom. The molecule has 0 spiro atoms. The fraction of sp³-hybridized carbons (Fsp3) is 0.500. The van der Waals surface area contributed by atoms with Gasteiger partial charge in [-0.3, -0.25) is 0 Å². The Kier molecular flexibility index (Phi) is 19.2. The van der Waals surface area contributed by atoms with Crippen molar-refractivity contribution in [2.75, 3.05) is 68.7 Å². The summed E-state index contributed by atoms with van der Waals surface area (Å²) in [6.45, 7) is 2.72. The Hall–Kier alpha value is -1.83. The molecule has 13 heteroatoms. The van der Waals surface area contributed by atoms with Gasteiger partial charge in [-0.15, -0.1) is 0 Å². The third-order valence-corrected chi connectivity index (χ3v) is 5.35. The van der Waals surface area contributed by atoms with Crippen molar-refractivity contribution >= 4 is 55.4 Å². The molecule has 0 bridgehead atoms. The molecule has 1 N–H and O–H groups in total. The Morgan fingerprint density at radius 1 is 0.892 bits per heavy atom. The van der Waals surface area contributed by atoms with Crippen molar-refractivity contribution in [3.63, 3.8) is 0 Å². The van der Waals surface area contributed by atoms with Gasteiger partial charge in [-0.2, -0.15) is 0 Å². The van der Waals surface area contributed by atoms with E-state index in [4.69, 9.17) is 21.4 Å². The van der Waals surface area contributed by atoms with Gasteiger partial charge in [0, 0.05) is 34.5 Å². The molecular weight excluding hydrogens is 636 g/mol. The highest BCUT2D eigenvalue weighted by atomic mass is 79.9. The van der Waals surface area contributed by atoms with Gasteiger partial charge in [-0.25, -0.2) is 19.6 Å². The number of methoxy groups -OCH3 is 2. The number of pyridine rings is 2. The Labute approximate surface area is 240 Å². The fourth-order valence-electron chi connectivity index (χ4n) is 2.41. The first-order valence-electron chi connectivity index (χ1n) is 11.1. The van der Waals surface area contributed by atoms with Gasteiger partial charge in [0.15, 0.2) is 0 Å². The summed E-state index contributed by atoms with van der Waals surface area (Å²) in [6.07, 6.45) is 4.85. The molecule has 10 nitrogen and oxygen atoms in total. The van der Waals surface area contributed by atoms with Crippen LogP contribution in [0.3, 0.4) is 0 Å². The van der Waals surface area contributed by atoms with Crippen LogP contribution in [-0.4, -0.2) is 106 Å². The Morgan fingerprint density at radius 2 is 1.38 bits per heavy atom. The van der Waals surface area contributed by atoms with Crippen LogP contribution in [0.15, 0.2) is 33.5 Å². The molecule has 0 aliphatic rings. The molecule has 0 fully saturated rings. The van der Waals surface area contributed by atoms with Gasteiger partial charge < -0.3 is 29.1 Å². The second kappa shape index (κ2) is 20.2. The summed E-state index contributed by atoms with van der Waals surface area (Å²) in [5.41, 5.74) is 0.588. The number of hydrogen-bond donors (Lipinski definition) is 1. The lowest BCUT2D eigenvalue weighted by atomic mass is 10.3. The zero-order chi connectivity index (χ0) is 28.4. The molecule has 2 heterocycles. The minimum atomic E-state index is -0.492. The molecule has 208 valence electrons. The van der Waals surface area contributed by atoms with Crippen molar-refractivity contribution in [3.8, 4) is 5.88 Å². The number of rotatable bonds is 10. The van der Waals surface area contributed by atoms with E-state index in [0.29, 0.717) is 33.6 Å². The van der Waals surface area contributed by atoms with E-state index >= 15 is 0 Å². The average Bonchev–Trinajstić information content (AvgIpc) is 2.87. The van der Waals surface area contributed by atoms with E-state index in [-0.39, 0.29) is 10.7 Å². The van der Waals surface area contributed by atoms with Gasteiger partial charge in [0.25, 0.3) is 0 Å². The number of aliphatic hydroxyl groups is 1. The standard InChI is InChI=1S/C12H17BrN2O3.C7H5BrClNO2.C5H13NO/c1-15(2)5-4-6-18-11-10(12(16)17-3)7-9(13)8-14-11;1-12-7(11)5-2-4(8)3-10-6(5)9;1-6(2)4-3-5-7/h7-8H,4-6H2,1-3H3;2-3H,1H3;7H,3-5H2,1-2H3. The molecule has 0 amide bonds. The fourth-order valence-corrected chi connectivity index (χ4v) is 3.25. The normalized spacial score (nSPS) is 10.2. The molecule has 0 atom stereocenters. The lowest BCUT2D eigenvalue weighted by molar-refractivity contribution is 0.0588. The highest BCUT2D eigenvalue weighted by molar-refractivity contribution is 9.10. The van der Waals surface area contributed by atoms with Crippen LogP contribution in [-0.2, 0) is 9.47 Å². The highest BCUT2D eigenvalue weighted by Gasteiger charge is 2.15. The third-order valence-electron chi connectivity index (χ3n) is 4.19. The van der Waals surface area contributed by atoms with Crippen LogP contribution >= 0.6 is 43.5 Å². The molecular formula is C24H35Br2ClN4O6. The first-order chi connectivity index (χ1) is 17.5. The molecule has 2 rings (SSSR count). The van der Waals surface area contributed by atoms with Crippen LogP contribution in [0.4, 0.5) is 0 Å². The maximum atomic E-state index is 11.6. The maximum Gasteiger partial charge on any atom is 0.343 e. The van der Waals surface area contributed by atoms with Gasteiger partial charge in [0.2, 0.25) is 5.88 Å². The van der Waals surface area contributed by atoms with Crippen molar-refractivity contribution in [2.24, 2.45) is 0 Å². The molecule has 2 aromatic rings. The van der Waals surface area contributed by atoms with Crippen molar-refractivity contribution in [2.45, 2.75) is 12.8 Å². The van der Waals surface area contributed by atoms with Crippen LogP contribution in [0.25, 0.3) is 0 Å². The molecule has 0 radical (unpaired) electrons. The summed E-state index contributed by atoms with van der Waals surface area (Å²) in [7, 11) is 10.6. The number of esters is 2. The number of carbonyl (C=O) groups is 2. The number of hydrogen-bond acceptors (Lipinski definition) is 10. The van der Waals surface area contributed by atoms with E-state index < -0.39 is 11.9 Å². The van der Waals surface area contributed by atoms with Gasteiger partial charge in [0.05, 0.1) is 26.4 Å². The summed E-state index contributed by atoms with van der Waals surface area (Å²) in [6, 6.07) is 3.20. The lowest BCUT2D eigenvalue weighted by Gasteiger charge is -2.11. The van der Waals surface area contributed by atoms with E-state index in [1.54, 1.807) is 18.3 Å². The lowest BCUT2D eigenvalue weighted by Crippen LogP contribution is -2.16. The predicted molar refractivity (Wildman–Crippen MR) is 150 cm³/mol. The summed E-state index contributed by atoms with van der Waals surface area (Å²) < 4.78 is 16.1. The molecule has 0 unspecified atom stereocenters. The van der Waals surface area contributed by atoms with Gasteiger partial charge >= 0.3 is 11.9 Å². The second-order valence-corrected chi connectivity index (χ2v) is 10.1. The number of ether oxygens (including phenoxy) is 3. The summed E-state index contributed by atoms with van der Waals surface area (Å²) in [4.78, 5) is 34.5. The van der Waals surface area contributed by atoms with Crippen LogP contribution in [0.5, 0.6) is 5.88 Å². The molecule has 0 aliphatic heterocycles. The van der Waals surface area contributed by atoms with Crippen LogP contribution in [0.1, 0.15) is 33.6 Å². The largest absolute Gasteiger partial charge is 0.477 e. The molecule has 37 heavy (non-hydrogen) atoms. The number of carbonyl (C=O) groups excluding carboxylic acids is 2. The van der Waals surface area contributed by atoms with E-state index in [1.807, 2.05) is 28.2 Å². The zero-order valence-corrected chi connectivity index (χ0v) is 25.9. The minimum absolute atomic E-state index is 0.144. The summed E-state index contributed by atoms with van der Waals surface area (Å²) >= 11 is 12.1. The second-order valence-electron chi connectivity index (χ2n) is 7.87. The Balaban J connectivity index is 0.000000586. The average molecular weight is 671 g/mol. The minimum Gasteiger partial charge on any atom is -0.477 e. The van der Waals surface area contributed by atoms with Crippen LogP contribution in [0.2, 0.25) is 5.15 Å². The number of aliphatic hydroxyl groups excluding tert-OH is 1.